The molecule has 5 nitrogen and oxygen atoms in total. The molecule has 1 aliphatic heterocycles. The number of anilines is 1. The van der Waals surface area contributed by atoms with Crippen molar-refractivity contribution in [1.29, 1.82) is 0 Å². The maximum Gasteiger partial charge on any atom is 0.225 e. The zero-order chi connectivity index (χ0) is 15.2. The number of hydrogen-bond donors (Lipinski definition) is 1. The summed E-state index contributed by atoms with van der Waals surface area (Å²) in [5.74, 6) is 1.49. The molecule has 0 saturated carbocycles. The number of nitrogens with zero attached hydrogens (tertiary/aromatic N) is 3. The summed E-state index contributed by atoms with van der Waals surface area (Å²) >= 11 is 0. The summed E-state index contributed by atoms with van der Waals surface area (Å²) in [7, 11) is 1.78. The molecular formula is C16H28N4O. The Morgan fingerprint density at radius 2 is 2.29 bits per heavy atom. The molecule has 1 aromatic rings. The monoisotopic (exact) mass is 292 g/mol. The van der Waals surface area contributed by atoms with Gasteiger partial charge < -0.3 is 15.0 Å². The van der Waals surface area contributed by atoms with Crippen molar-refractivity contribution < 1.29 is 4.74 Å². The topological polar surface area (TPSA) is 50.3 Å². The van der Waals surface area contributed by atoms with Crippen LogP contribution in [0.25, 0.3) is 0 Å². The van der Waals surface area contributed by atoms with Gasteiger partial charge in [0.25, 0.3) is 0 Å². The second kappa shape index (κ2) is 7.71. The number of hydrogen-bond acceptors (Lipinski definition) is 5. The van der Waals surface area contributed by atoms with Crippen LogP contribution < -0.4 is 10.2 Å². The fraction of sp³-hybridized carbons (Fsp3) is 0.750. The molecule has 1 aromatic heterocycles. The van der Waals surface area contributed by atoms with Crippen molar-refractivity contribution in [2.24, 2.45) is 5.92 Å². The maximum absolute atomic E-state index is 5.47. The lowest BCUT2D eigenvalue weighted by molar-refractivity contribution is 0.0889. The van der Waals surface area contributed by atoms with E-state index in [4.69, 9.17) is 4.74 Å². The van der Waals surface area contributed by atoms with Crippen LogP contribution in [0, 0.1) is 12.8 Å². The number of piperidine rings is 1. The lowest BCUT2D eigenvalue weighted by atomic mass is 10.1. The van der Waals surface area contributed by atoms with Crippen molar-refractivity contribution >= 4 is 5.95 Å². The summed E-state index contributed by atoms with van der Waals surface area (Å²) in [6.07, 6.45) is 4.53. The van der Waals surface area contributed by atoms with Crippen molar-refractivity contribution in [3.8, 4) is 0 Å². The van der Waals surface area contributed by atoms with Crippen molar-refractivity contribution in [3.63, 3.8) is 0 Å². The Kier molecular flexibility index (Phi) is 5.94. The number of nitrogens with one attached hydrogen (secondary N) is 1. The lowest BCUT2D eigenvalue weighted by Crippen LogP contribution is -2.40. The molecular weight excluding hydrogens is 264 g/mol. The Hall–Kier alpha value is -1.20. The van der Waals surface area contributed by atoms with Crippen LogP contribution in [0.15, 0.2) is 6.20 Å². The highest BCUT2D eigenvalue weighted by atomic mass is 16.5. The SMILES string of the molecule is COC1CCCN(c2ncc(CNCC(C)C)c(C)n2)C1. The summed E-state index contributed by atoms with van der Waals surface area (Å²) < 4.78 is 5.47. The van der Waals surface area contributed by atoms with Gasteiger partial charge in [0, 0.05) is 44.2 Å². The van der Waals surface area contributed by atoms with E-state index in [-0.39, 0.29) is 0 Å². The average molecular weight is 292 g/mol. The van der Waals surface area contributed by atoms with Gasteiger partial charge in [0.15, 0.2) is 0 Å². The standard InChI is InChI=1S/C16H28N4O/c1-12(2)8-17-9-14-10-18-16(19-13(14)3)20-7-5-6-15(11-20)21-4/h10,12,15,17H,5-9,11H2,1-4H3. The minimum Gasteiger partial charge on any atom is -0.380 e. The fourth-order valence-electron chi connectivity index (χ4n) is 2.61. The average Bonchev–Trinajstić information content (AvgIpc) is 2.48. The number of aryl methyl sites for hydroxylation is 1. The third-order valence-corrected chi connectivity index (χ3v) is 3.93. The molecule has 0 radical (unpaired) electrons. The number of rotatable bonds is 6. The molecule has 2 rings (SSSR count). The minimum absolute atomic E-state index is 0.301. The Morgan fingerprint density at radius 3 is 2.95 bits per heavy atom. The second-order valence-corrected chi connectivity index (χ2v) is 6.25. The van der Waals surface area contributed by atoms with E-state index in [2.05, 4.69) is 41.0 Å². The largest absolute Gasteiger partial charge is 0.380 e. The first-order valence-electron chi connectivity index (χ1n) is 7.91. The summed E-state index contributed by atoms with van der Waals surface area (Å²) in [4.78, 5) is 11.5. The second-order valence-electron chi connectivity index (χ2n) is 6.25. The van der Waals surface area contributed by atoms with Crippen LogP contribution in [0.1, 0.15) is 37.9 Å². The van der Waals surface area contributed by atoms with Gasteiger partial charge in [-0.15, -0.1) is 0 Å². The van der Waals surface area contributed by atoms with Gasteiger partial charge in [-0.05, 0) is 32.2 Å². The van der Waals surface area contributed by atoms with Gasteiger partial charge in [0.05, 0.1) is 6.10 Å². The first kappa shape index (κ1) is 16.2. The highest BCUT2D eigenvalue weighted by Crippen LogP contribution is 2.18. The molecule has 1 saturated heterocycles. The molecule has 2 heterocycles. The van der Waals surface area contributed by atoms with E-state index in [0.29, 0.717) is 12.0 Å². The van der Waals surface area contributed by atoms with Crippen molar-refractivity contribution in [2.45, 2.75) is 46.3 Å². The zero-order valence-corrected chi connectivity index (χ0v) is 13.7. The van der Waals surface area contributed by atoms with E-state index in [0.717, 1.165) is 50.7 Å². The normalized spacial score (nSPS) is 19.3. The van der Waals surface area contributed by atoms with Crippen LogP contribution in [0.5, 0.6) is 0 Å². The predicted molar refractivity (Wildman–Crippen MR) is 85.6 cm³/mol. The van der Waals surface area contributed by atoms with Gasteiger partial charge in [-0.3, -0.25) is 0 Å². The van der Waals surface area contributed by atoms with Gasteiger partial charge in [-0.2, -0.15) is 0 Å². The molecule has 1 fully saturated rings. The van der Waals surface area contributed by atoms with Crippen molar-refractivity contribution in [1.82, 2.24) is 15.3 Å². The molecule has 118 valence electrons. The molecule has 0 spiro atoms. The highest BCUT2D eigenvalue weighted by Gasteiger charge is 2.21. The Bertz CT molecular complexity index is 450. The van der Waals surface area contributed by atoms with Gasteiger partial charge in [-0.25, -0.2) is 9.97 Å². The summed E-state index contributed by atoms with van der Waals surface area (Å²) in [5, 5.41) is 3.44. The molecule has 1 atom stereocenters. The molecule has 0 aliphatic carbocycles. The van der Waals surface area contributed by atoms with E-state index in [1.165, 1.54) is 5.56 Å². The van der Waals surface area contributed by atoms with Gasteiger partial charge in [-0.1, -0.05) is 13.8 Å². The van der Waals surface area contributed by atoms with E-state index in [1.54, 1.807) is 7.11 Å². The van der Waals surface area contributed by atoms with Crippen LogP contribution in [0.3, 0.4) is 0 Å². The minimum atomic E-state index is 0.301. The van der Waals surface area contributed by atoms with E-state index >= 15 is 0 Å². The summed E-state index contributed by atoms with van der Waals surface area (Å²) in [6.45, 7) is 10.2. The van der Waals surface area contributed by atoms with Crippen LogP contribution >= 0.6 is 0 Å². The number of ether oxygens (including phenoxy) is 1. The highest BCUT2D eigenvalue weighted by molar-refractivity contribution is 5.33. The first-order valence-corrected chi connectivity index (χ1v) is 7.91. The van der Waals surface area contributed by atoms with Gasteiger partial charge in [0.2, 0.25) is 5.95 Å². The van der Waals surface area contributed by atoms with Crippen molar-refractivity contribution in [2.75, 3.05) is 31.6 Å². The van der Waals surface area contributed by atoms with Crippen LogP contribution in [-0.4, -0.2) is 42.8 Å². The molecule has 0 bridgehead atoms. The number of methoxy groups -OCH3 is 1. The number of aromatic nitrogens is 2. The molecule has 1 unspecified atom stereocenters. The van der Waals surface area contributed by atoms with E-state index in [9.17, 15) is 0 Å². The lowest BCUT2D eigenvalue weighted by Gasteiger charge is -2.32. The summed E-state index contributed by atoms with van der Waals surface area (Å²) in [5.41, 5.74) is 2.25. The quantitative estimate of drug-likeness (QED) is 0.870. The Labute approximate surface area is 128 Å². The molecule has 5 heteroatoms. The van der Waals surface area contributed by atoms with E-state index < -0.39 is 0 Å². The Balaban J connectivity index is 1.97. The molecule has 21 heavy (non-hydrogen) atoms. The van der Waals surface area contributed by atoms with Gasteiger partial charge in [0.1, 0.15) is 0 Å². The third kappa shape index (κ3) is 4.64. The fourth-order valence-corrected chi connectivity index (χ4v) is 2.61. The van der Waals surface area contributed by atoms with E-state index in [1.807, 2.05) is 6.20 Å². The maximum atomic E-state index is 5.47. The smallest absolute Gasteiger partial charge is 0.225 e. The summed E-state index contributed by atoms with van der Waals surface area (Å²) in [6, 6.07) is 0. The zero-order valence-electron chi connectivity index (χ0n) is 13.7. The van der Waals surface area contributed by atoms with Crippen LogP contribution in [-0.2, 0) is 11.3 Å². The van der Waals surface area contributed by atoms with Gasteiger partial charge >= 0.3 is 0 Å². The van der Waals surface area contributed by atoms with Crippen LogP contribution in [0.4, 0.5) is 5.95 Å². The first-order chi connectivity index (χ1) is 10.1. The molecule has 1 N–H and O–H groups in total. The molecule has 0 amide bonds. The Morgan fingerprint density at radius 1 is 1.48 bits per heavy atom. The third-order valence-electron chi connectivity index (χ3n) is 3.93. The molecule has 1 aliphatic rings. The molecule has 0 aromatic carbocycles. The predicted octanol–water partition coefficient (Wildman–Crippen LogP) is 2.15. The van der Waals surface area contributed by atoms with Crippen LogP contribution in [0.2, 0.25) is 0 Å². The van der Waals surface area contributed by atoms with Crippen molar-refractivity contribution in [3.05, 3.63) is 17.5 Å².